The maximum absolute atomic E-state index is 13.6. The summed E-state index contributed by atoms with van der Waals surface area (Å²) in [6.07, 6.45) is 1.21. The van der Waals surface area contributed by atoms with Crippen LogP contribution in [-0.2, 0) is 16.1 Å². The largest absolute Gasteiger partial charge is 0.508 e. The van der Waals surface area contributed by atoms with Gasteiger partial charge in [-0.1, -0.05) is 36.4 Å². The van der Waals surface area contributed by atoms with Crippen LogP contribution in [0, 0.1) is 11.7 Å². The number of nitrogens with zero attached hydrogens (tertiary/aromatic N) is 3. The Morgan fingerprint density at radius 1 is 0.930 bits per heavy atom. The number of esters is 1. The van der Waals surface area contributed by atoms with E-state index in [0.717, 1.165) is 36.3 Å². The second kappa shape index (κ2) is 13.7. The fraction of sp³-hybridized carbons (Fsp3) is 0.429. The van der Waals surface area contributed by atoms with Crippen LogP contribution in [0.15, 0.2) is 72.8 Å². The number of benzene rings is 3. The number of halogens is 1. The molecule has 0 bridgehead atoms. The van der Waals surface area contributed by atoms with Crippen molar-refractivity contribution in [3.05, 3.63) is 101 Å². The zero-order valence-corrected chi connectivity index (χ0v) is 25.3. The van der Waals surface area contributed by atoms with Crippen molar-refractivity contribution >= 4 is 11.9 Å². The molecule has 0 aromatic heterocycles. The molecule has 7 nitrogen and oxygen atoms in total. The molecular weight excluding hydrogens is 545 g/mol. The lowest BCUT2D eigenvalue weighted by Crippen LogP contribution is -2.56. The van der Waals surface area contributed by atoms with Gasteiger partial charge in [0.1, 0.15) is 11.6 Å². The van der Waals surface area contributed by atoms with E-state index in [4.69, 9.17) is 4.74 Å². The summed E-state index contributed by atoms with van der Waals surface area (Å²) in [5.41, 5.74) is 3.65. The van der Waals surface area contributed by atoms with Crippen molar-refractivity contribution in [2.45, 2.75) is 58.3 Å². The lowest BCUT2D eigenvalue weighted by molar-refractivity contribution is -0.149. The summed E-state index contributed by atoms with van der Waals surface area (Å²) in [5, 5.41) is 10.4. The van der Waals surface area contributed by atoms with E-state index in [9.17, 15) is 19.1 Å². The van der Waals surface area contributed by atoms with Gasteiger partial charge in [-0.15, -0.1) is 0 Å². The molecule has 2 heterocycles. The fourth-order valence-electron chi connectivity index (χ4n) is 6.50. The van der Waals surface area contributed by atoms with Gasteiger partial charge in [-0.2, -0.15) is 0 Å². The van der Waals surface area contributed by atoms with E-state index in [0.29, 0.717) is 38.1 Å². The summed E-state index contributed by atoms with van der Waals surface area (Å²) in [7, 11) is 0. The van der Waals surface area contributed by atoms with Crippen LogP contribution < -0.4 is 0 Å². The van der Waals surface area contributed by atoms with E-state index in [1.54, 1.807) is 6.07 Å². The first kappa shape index (κ1) is 30.7. The molecule has 1 amide bonds. The van der Waals surface area contributed by atoms with Gasteiger partial charge in [0.25, 0.3) is 5.91 Å². The number of hydrogen-bond acceptors (Lipinski definition) is 6. The summed E-state index contributed by atoms with van der Waals surface area (Å²) < 4.78 is 18.7. The SMILES string of the molecule is CCOC(=O)C1CCN(C(=O)c2cccc([C@H](c3cccc(O)c3)N3C[C@@H](C)N(Cc4ccc(F)cc4)C[C@@H]3C)c2)CC1. The van der Waals surface area contributed by atoms with Gasteiger partial charge in [0.15, 0.2) is 0 Å². The van der Waals surface area contributed by atoms with E-state index < -0.39 is 0 Å². The minimum absolute atomic E-state index is 0.0376. The Bertz CT molecular complexity index is 1410. The number of ether oxygens (including phenoxy) is 1. The van der Waals surface area contributed by atoms with Crippen LogP contribution in [0.3, 0.4) is 0 Å². The van der Waals surface area contributed by atoms with Crippen LogP contribution in [0.4, 0.5) is 4.39 Å². The molecule has 0 saturated carbocycles. The standard InChI is InChI=1S/C35H42FN3O4/c1-4-43-35(42)27-15-17-37(18-16-27)34(41)30-9-5-7-28(19-30)33(29-8-6-10-32(40)20-29)39-22-24(2)38(21-25(39)3)23-26-11-13-31(36)14-12-26/h5-14,19-20,24-25,27,33,40H,4,15-18,21-23H2,1-3H3/t24-,25+,33-/m1/s1. The van der Waals surface area contributed by atoms with E-state index >= 15 is 0 Å². The van der Waals surface area contributed by atoms with Crippen LogP contribution in [0.5, 0.6) is 5.75 Å². The summed E-state index contributed by atoms with van der Waals surface area (Å²) in [5.74, 6) is -0.396. The zero-order valence-electron chi connectivity index (χ0n) is 25.3. The molecule has 2 saturated heterocycles. The Kier molecular flexibility index (Phi) is 9.78. The quantitative estimate of drug-likeness (QED) is 0.345. The molecule has 3 atom stereocenters. The van der Waals surface area contributed by atoms with Crippen molar-refractivity contribution in [2.75, 3.05) is 32.8 Å². The van der Waals surface area contributed by atoms with Crippen molar-refractivity contribution in [1.82, 2.24) is 14.7 Å². The first-order valence-electron chi connectivity index (χ1n) is 15.3. The van der Waals surface area contributed by atoms with Gasteiger partial charge in [0.05, 0.1) is 18.6 Å². The number of aromatic hydroxyl groups is 1. The highest BCUT2D eigenvalue weighted by atomic mass is 19.1. The summed E-state index contributed by atoms with van der Waals surface area (Å²) in [6.45, 7) is 9.98. The van der Waals surface area contributed by atoms with Crippen molar-refractivity contribution in [3.8, 4) is 5.75 Å². The maximum atomic E-state index is 13.6. The Balaban J connectivity index is 1.37. The highest BCUT2D eigenvalue weighted by molar-refractivity contribution is 5.94. The fourth-order valence-corrected chi connectivity index (χ4v) is 6.50. The third kappa shape index (κ3) is 7.25. The molecule has 2 fully saturated rings. The number of phenolic OH excluding ortho intramolecular Hbond substituents is 1. The van der Waals surface area contributed by atoms with Crippen LogP contribution in [0.25, 0.3) is 0 Å². The Labute approximate surface area is 253 Å². The van der Waals surface area contributed by atoms with Crippen molar-refractivity contribution < 1.29 is 23.8 Å². The van der Waals surface area contributed by atoms with Crippen molar-refractivity contribution in [1.29, 1.82) is 0 Å². The third-order valence-electron chi connectivity index (χ3n) is 8.83. The highest BCUT2D eigenvalue weighted by Crippen LogP contribution is 2.35. The van der Waals surface area contributed by atoms with Gasteiger partial charge in [-0.25, -0.2) is 4.39 Å². The van der Waals surface area contributed by atoms with Gasteiger partial charge in [-0.3, -0.25) is 19.4 Å². The lowest BCUT2D eigenvalue weighted by Gasteiger charge is -2.47. The monoisotopic (exact) mass is 587 g/mol. The topological polar surface area (TPSA) is 73.3 Å². The molecule has 1 N–H and O–H groups in total. The maximum Gasteiger partial charge on any atom is 0.309 e. The number of amides is 1. The number of carbonyl (C=O) groups is 2. The predicted molar refractivity (Wildman–Crippen MR) is 164 cm³/mol. The number of piperazine rings is 1. The zero-order chi connectivity index (χ0) is 30.5. The molecule has 2 aliphatic heterocycles. The second-order valence-electron chi connectivity index (χ2n) is 11.9. The van der Waals surface area contributed by atoms with E-state index in [1.807, 2.05) is 60.4 Å². The molecule has 5 rings (SSSR count). The van der Waals surface area contributed by atoms with Crippen LogP contribution in [0.2, 0.25) is 0 Å². The van der Waals surface area contributed by atoms with Gasteiger partial charge in [0.2, 0.25) is 0 Å². The van der Waals surface area contributed by atoms with E-state index in [1.165, 1.54) is 12.1 Å². The number of phenols is 1. The molecule has 0 unspecified atom stereocenters. The second-order valence-corrected chi connectivity index (χ2v) is 11.9. The average Bonchev–Trinajstić information content (AvgIpc) is 3.01. The molecule has 0 aliphatic carbocycles. The third-order valence-corrected chi connectivity index (χ3v) is 8.83. The van der Waals surface area contributed by atoms with Gasteiger partial charge in [-0.05, 0) is 86.7 Å². The minimum Gasteiger partial charge on any atom is -0.508 e. The Morgan fingerprint density at radius 2 is 1.60 bits per heavy atom. The molecule has 3 aromatic rings. The van der Waals surface area contributed by atoms with Crippen LogP contribution in [0.1, 0.15) is 66.7 Å². The summed E-state index contributed by atoms with van der Waals surface area (Å²) in [6, 6.07) is 22.1. The minimum atomic E-state index is -0.231. The molecule has 228 valence electrons. The van der Waals surface area contributed by atoms with Crippen LogP contribution in [-0.4, -0.2) is 76.6 Å². The van der Waals surface area contributed by atoms with E-state index in [-0.39, 0.29) is 47.5 Å². The van der Waals surface area contributed by atoms with E-state index in [2.05, 4.69) is 29.7 Å². The predicted octanol–water partition coefficient (Wildman–Crippen LogP) is 5.63. The summed E-state index contributed by atoms with van der Waals surface area (Å²) in [4.78, 5) is 32.5. The number of hydrogen-bond donors (Lipinski definition) is 1. The Morgan fingerprint density at radius 3 is 2.28 bits per heavy atom. The number of likely N-dealkylation sites (tertiary alicyclic amines) is 1. The molecule has 3 aromatic carbocycles. The van der Waals surface area contributed by atoms with Gasteiger partial charge in [0, 0.05) is 50.4 Å². The number of rotatable bonds is 8. The summed E-state index contributed by atoms with van der Waals surface area (Å²) >= 11 is 0. The van der Waals surface area contributed by atoms with Gasteiger partial charge < -0.3 is 14.7 Å². The lowest BCUT2D eigenvalue weighted by atomic mass is 9.91. The normalized spacial score (nSPS) is 21.0. The Hall–Kier alpha value is -3.75. The van der Waals surface area contributed by atoms with Crippen molar-refractivity contribution in [2.24, 2.45) is 5.92 Å². The molecule has 0 spiro atoms. The molecular formula is C35H42FN3O4. The highest BCUT2D eigenvalue weighted by Gasteiger charge is 2.35. The number of piperidine rings is 1. The first-order valence-corrected chi connectivity index (χ1v) is 15.3. The molecule has 2 aliphatic rings. The molecule has 43 heavy (non-hydrogen) atoms. The van der Waals surface area contributed by atoms with Gasteiger partial charge >= 0.3 is 5.97 Å². The van der Waals surface area contributed by atoms with Crippen molar-refractivity contribution in [3.63, 3.8) is 0 Å². The first-order chi connectivity index (χ1) is 20.7. The smallest absolute Gasteiger partial charge is 0.309 e. The molecule has 0 radical (unpaired) electrons. The molecule has 8 heteroatoms. The number of carbonyl (C=O) groups excluding carboxylic acids is 2. The average molecular weight is 588 g/mol. The van der Waals surface area contributed by atoms with Crippen LogP contribution >= 0.6 is 0 Å².